The maximum atomic E-state index is 12.0. The van der Waals surface area contributed by atoms with Crippen LogP contribution in [0.3, 0.4) is 0 Å². The van der Waals surface area contributed by atoms with Gasteiger partial charge in [0.2, 0.25) is 0 Å². The molecule has 1 aromatic rings. The average Bonchev–Trinajstić information content (AvgIpc) is 2.75. The summed E-state index contributed by atoms with van der Waals surface area (Å²) >= 11 is 11.7. The zero-order valence-electron chi connectivity index (χ0n) is 9.90. The predicted octanol–water partition coefficient (Wildman–Crippen LogP) is 3.07. The number of anilines is 1. The van der Waals surface area contributed by atoms with E-state index < -0.39 is 18.0 Å². The number of carboxylic acids is 1. The van der Waals surface area contributed by atoms with Crippen LogP contribution >= 0.6 is 23.2 Å². The van der Waals surface area contributed by atoms with E-state index in [9.17, 15) is 9.59 Å². The van der Waals surface area contributed by atoms with E-state index in [0.29, 0.717) is 35.1 Å². The number of nitrogens with zero attached hydrogens (tertiary/aromatic N) is 1. The maximum Gasteiger partial charge on any atom is 0.326 e. The number of nitrogens with one attached hydrogen (secondary N) is 1. The van der Waals surface area contributed by atoms with Crippen LogP contribution in [0.25, 0.3) is 0 Å². The first-order valence-electron chi connectivity index (χ1n) is 5.74. The van der Waals surface area contributed by atoms with Crippen molar-refractivity contribution in [2.24, 2.45) is 0 Å². The summed E-state index contributed by atoms with van der Waals surface area (Å²) in [6.07, 6.45) is 1.15. The van der Waals surface area contributed by atoms with Crippen molar-refractivity contribution in [2.75, 3.05) is 11.9 Å². The van der Waals surface area contributed by atoms with Gasteiger partial charge in [-0.25, -0.2) is 9.59 Å². The Balaban J connectivity index is 2.10. The lowest BCUT2D eigenvalue weighted by Gasteiger charge is -2.21. The van der Waals surface area contributed by atoms with Crippen LogP contribution in [0.5, 0.6) is 0 Å². The third-order valence-electron chi connectivity index (χ3n) is 2.91. The minimum absolute atomic E-state index is 0.402. The smallest absolute Gasteiger partial charge is 0.326 e. The Morgan fingerprint density at radius 2 is 1.89 bits per heavy atom. The molecule has 0 radical (unpaired) electrons. The van der Waals surface area contributed by atoms with Crippen LogP contribution in [0.1, 0.15) is 12.8 Å². The summed E-state index contributed by atoms with van der Waals surface area (Å²) in [4.78, 5) is 24.3. The number of hydrogen-bond acceptors (Lipinski definition) is 2. The predicted molar refractivity (Wildman–Crippen MR) is 72.8 cm³/mol. The molecule has 2 N–H and O–H groups in total. The first-order valence-corrected chi connectivity index (χ1v) is 6.49. The molecule has 0 aliphatic carbocycles. The monoisotopic (exact) mass is 302 g/mol. The van der Waals surface area contributed by atoms with Crippen molar-refractivity contribution >= 4 is 40.9 Å². The Morgan fingerprint density at radius 3 is 2.47 bits per heavy atom. The molecule has 0 unspecified atom stereocenters. The number of urea groups is 1. The van der Waals surface area contributed by atoms with E-state index >= 15 is 0 Å². The van der Waals surface area contributed by atoms with E-state index in [4.69, 9.17) is 28.3 Å². The molecule has 2 amide bonds. The third kappa shape index (κ3) is 3.30. The molecule has 2 rings (SSSR count). The van der Waals surface area contributed by atoms with Crippen LogP contribution < -0.4 is 5.32 Å². The molecule has 1 aliphatic heterocycles. The van der Waals surface area contributed by atoms with E-state index in [1.54, 1.807) is 18.2 Å². The van der Waals surface area contributed by atoms with Crippen molar-refractivity contribution in [3.05, 3.63) is 28.2 Å². The Hall–Kier alpha value is -1.46. The molecule has 1 fully saturated rings. The molecule has 7 heteroatoms. The summed E-state index contributed by atoms with van der Waals surface area (Å²) in [5.41, 5.74) is 0.443. The zero-order chi connectivity index (χ0) is 14.0. The molecule has 0 saturated carbocycles. The Kier molecular flexibility index (Phi) is 4.17. The second kappa shape index (κ2) is 5.67. The van der Waals surface area contributed by atoms with E-state index in [0.717, 1.165) is 0 Å². The van der Waals surface area contributed by atoms with Gasteiger partial charge < -0.3 is 15.3 Å². The minimum atomic E-state index is -0.989. The normalized spacial score (nSPS) is 18.4. The summed E-state index contributed by atoms with van der Waals surface area (Å²) in [7, 11) is 0. The lowest BCUT2D eigenvalue weighted by atomic mass is 10.2. The van der Waals surface area contributed by atoms with Crippen LogP contribution in [0.2, 0.25) is 10.0 Å². The highest BCUT2D eigenvalue weighted by atomic mass is 35.5. The van der Waals surface area contributed by atoms with Crippen molar-refractivity contribution in [3.8, 4) is 0 Å². The van der Waals surface area contributed by atoms with Crippen molar-refractivity contribution in [1.29, 1.82) is 0 Å². The van der Waals surface area contributed by atoms with Gasteiger partial charge in [0.05, 0.1) is 0 Å². The van der Waals surface area contributed by atoms with E-state index in [1.807, 2.05) is 0 Å². The summed E-state index contributed by atoms with van der Waals surface area (Å²) < 4.78 is 0. The van der Waals surface area contributed by atoms with Gasteiger partial charge in [-0.1, -0.05) is 23.2 Å². The summed E-state index contributed by atoms with van der Waals surface area (Å²) in [5.74, 6) is -0.989. The molecular formula is C12H12Cl2N2O3. The molecule has 0 bridgehead atoms. The standard InChI is InChI=1S/C12H12Cl2N2O3/c13-7-4-8(14)6-9(5-7)15-12(19)16-3-1-2-10(16)11(17)18/h4-6,10H,1-3H2,(H,15,19)(H,17,18)/t10-/m0/s1. The van der Waals surface area contributed by atoms with Crippen LogP contribution in [-0.4, -0.2) is 34.6 Å². The van der Waals surface area contributed by atoms with Gasteiger partial charge in [0.15, 0.2) is 0 Å². The van der Waals surface area contributed by atoms with Crippen LogP contribution in [0.15, 0.2) is 18.2 Å². The number of halogens is 2. The molecule has 102 valence electrons. The molecule has 1 aliphatic rings. The lowest BCUT2D eigenvalue weighted by molar-refractivity contribution is -0.141. The first-order chi connectivity index (χ1) is 8.97. The highest BCUT2D eigenvalue weighted by molar-refractivity contribution is 6.35. The summed E-state index contributed by atoms with van der Waals surface area (Å²) in [6, 6.07) is 3.43. The van der Waals surface area contributed by atoms with Gasteiger partial charge in [0.25, 0.3) is 0 Å². The summed E-state index contributed by atoms with van der Waals surface area (Å²) in [5, 5.41) is 12.4. The van der Waals surface area contributed by atoms with Crippen molar-refractivity contribution in [1.82, 2.24) is 4.90 Å². The highest BCUT2D eigenvalue weighted by Gasteiger charge is 2.33. The second-order valence-electron chi connectivity index (χ2n) is 4.28. The van der Waals surface area contributed by atoms with Crippen LogP contribution in [-0.2, 0) is 4.79 Å². The molecule has 1 atom stereocenters. The van der Waals surface area contributed by atoms with Gasteiger partial charge in [0.1, 0.15) is 6.04 Å². The van der Waals surface area contributed by atoms with Crippen LogP contribution in [0.4, 0.5) is 10.5 Å². The maximum absolute atomic E-state index is 12.0. The molecule has 1 heterocycles. The zero-order valence-corrected chi connectivity index (χ0v) is 11.4. The number of benzene rings is 1. The van der Waals surface area contributed by atoms with Gasteiger partial charge >= 0.3 is 12.0 Å². The number of aliphatic carboxylic acids is 1. The van der Waals surface area contributed by atoms with Gasteiger partial charge in [-0.15, -0.1) is 0 Å². The van der Waals surface area contributed by atoms with E-state index in [-0.39, 0.29) is 0 Å². The molecule has 0 aromatic heterocycles. The first kappa shape index (κ1) is 14.0. The number of likely N-dealkylation sites (tertiary alicyclic amines) is 1. The fourth-order valence-electron chi connectivity index (χ4n) is 2.09. The summed E-state index contributed by atoms with van der Waals surface area (Å²) in [6.45, 7) is 0.428. The number of rotatable bonds is 2. The number of carbonyl (C=O) groups excluding carboxylic acids is 1. The SMILES string of the molecule is O=C(O)[C@@H]1CCCN1C(=O)Nc1cc(Cl)cc(Cl)c1. The largest absolute Gasteiger partial charge is 0.480 e. The van der Waals surface area contributed by atoms with Gasteiger partial charge in [-0.2, -0.15) is 0 Å². The van der Waals surface area contributed by atoms with Crippen LogP contribution in [0, 0.1) is 0 Å². The second-order valence-corrected chi connectivity index (χ2v) is 5.15. The molecule has 0 spiro atoms. The minimum Gasteiger partial charge on any atom is -0.480 e. The Morgan fingerprint density at radius 1 is 1.26 bits per heavy atom. The number of carbonyl (C=O) groups is 2. The molecule has 1 saturated heterocycles. The lowest BCUT2D eigenvalue weighted by Crippen LogP contribution is -2.42. The van der Waals surface area contributed by atoms with Crippen molar-refractivity contribution in [3.63, 3.8) is 0 Å². The van der Waals surface area contributed by atoms with Crippen molar-refractivity contribution in [2.45, 2.75) is 18.9 Å². The quantitative estimate of drug-likeness (QED) is 0.882. The van der Waals surface area contributed by atoms with E-state index in [1.165, 1.54) is 4.90 Å². The molecule has 19 heavy (non-hydrogen) atoms. The molecule has 1 aromatic carbocycles. The molecule has 5 nitrogen and oxygen atoms in total. The number of hydrogen-bond donors (Lipinski definition) is 2. The highest BCUT2D eigenvalue weighted by Crippen LogP contribution is 2.24. The Bertz CT molecular complexity index is 501. The fourth-order valence-corrected chi connectivity index (χ4v) is 2.61. The average molecular weight is 303 g/mol. The van der Waals surface area contributed by atoms with Gasteiger partial charge in [-0.05, 0) is 31.0 Å². The van der Waals surface area contributed by atoms with E-state index in [2.05, 4.69) is 5.32 Å². The van der Waals surface area contributed by atoms with Gasteiger partial charge in [0, 0.05) is 22.3 Å². The number of carboxylic acid groups (broad SMARTS) is 1. The topological polar surface area (TPSA) is 69.6 Å². The van der Waals surface area contributed by atoms with Gasteiger partial charge in [-0.3, -0.25) is 0 Å². The number of amides is 2. The van der Waals surface area contributed by atoms with Crippen molar-refractivity contribution < 1.29 is 14.7 Å². The third-order valence-corrected chi connectivity index (χ3v) is 3.35. The molecular weight excluding hydrogens is 291 g/mol. The Labute approximate surface area is 120 Å². The fraction of sp³-hybridized carbons (Fsp3) is 0.333.